The van der Waals surface area contributed by atoms with Gasteiger partial charge in [-0.1, -0.05) is 11.6 Å². The Kier molecular flexibility index (Phi) is 4.08. The number of aliphatic hydroxyl groups is 2. The number of fused-ring (bicyclic) bond motifs is 1. The van der Waals surface area contributed by atoms with Gasteiger partial charge in [0.1, 0.15) is 29.1 Å². The van der Waals surface area contributed by atoms with Gasteiger partial charge in [0.15, 0.2) is 5.82 Å². The number of imidazole rings is 1. The zero-order chi connectivity index (χ0) is 24.4. The predicted octanol–water partition coefficient (Wildman–Crippen LogP) is 2.17. The normalized spacial score (nSPS) is 30.5. The van der Waals surface area contributed by atoms with Crippen LogP contribution in [0.25, 0.3) is 22.3 Å². The van der Waals surface area contributed by atoms with Gasteiger partial charge in [0, 0.05) is 11.5 Å². The van der Waals surface area contributed by atoms with Gasteiger partial charge in [-0.15, -0.1) is 0 Å². The Morgan fingerprint density at radius 1 is 1.37 bits per heavy atom. The molecule has 5 atom stereocenters. The molecule has 5 aliphatic rings. The van der Waals surface area contributed by atoms with E-state index in [4.69, 9.17) is 16.3 Å². The van der Waals surface area contributed by atoms with Crippen LogP contribution in [0.5, 0.6) is 0 Å². The third kappa shape index (κ3) is 2.86. The molecule has 2 aromatic heterocycles. The first-order valence-electron chi connectivity index (χ1n) is 11.5. The number of carbonyl (C=O) groups is 1. The van der Waals surface area contributed by atoms with Crippen molar-refractivity contribution in [2.75, 3.05) is 10.6 Å². The number of carbonyl (C=O) groups excluding carboxylic acids is 1. The topological polar surface area (TPSA) is 134 Å². The summed E-state index contributed by atoms with van der Waals surface area (Å²) in [6.45, 7) is 2.95. The lowest BCUT2D eigenvalue weighted by molar-refractivity contribution is -0.117. The number of aromatic nitrogens is 4. The average molecular weight is 501 g/mol. The second-order valence-corrected chi connectivity index (χ2v) is 10.7. The lowest BCUT2D eigenvalue weighted by Gasteiger charge is -2.36. The van der Waals surface area contributed by atoms with Crippen molar-refractivity contribution >= 4 is 40.2 Å². The van der Waals surface area contributed by atoms with Crippen molar-refractivity contribution in [3.63, 3.8) is 0 Å². The van der Waals surface area contributed by atoms with Crippen molar-refractivity contribution in [2.45, 2.75) is 62.7 Å². The molecule has 8 rings (SSSR count). The van der Waals surface area contributed by atoms with Crippen molar-refractivity contribution in [3.05, 3.63) is 28.9 Å². The van der Waals surface area contributed by atoms with Crippen molar-refractivity contribution in [3.8, 4) is 11.3 Å². The maximum Gasteiger partial charge on any atom is 0.244 e. The van der Waals surface area contributed by atoms with Crippen LogP contribution in [0.2, 0.25) is 5.02 Å². The number of amides is 1. The van der Waals surface area contributed by atoms with Gasteiger partial charge in [0.25, 0.3) is 0 Å². The molecule has 4 N–H and O–H groups in total. The number of benzene rings is 1. The third-order valence-corrected chi connectivity index (χ3v) is 7.88. The fourth-order valence-electron chi connectivity index (χ4n) is 6.03. The molecule has 1 aromatic carbocycles. The molecule has 3 aromatic rings. The molecule has 3 unspecified atom stereocenters. The number of hydrogen-bond acceptors (Lipinski definition) is 8. The Labute approximate surface area is 203 Å². The van der Waals surface area contributed by atoms with E-state index in [0.29, 0.717) is 17.6 Å². The number of ether oxygens (including phenoxy) is 1. The summed E-state index contributed by atoms with van der Waals surface area (Å²) in [7, 11) is 0. The second-order valence-electron chi connectivity index (χ2n) is 10.3. The summed E-state index contributed by atoms with van der Waals surface area (Å²) < 4.78 is 22.6. The fourth-order valence-corrected chi connectivity index (χ4v) is 6.23. The molecular weight excluding hydrogens is 479 g/mol. The van der Waals surface area contributed by atoms with E-state index in [1.807, 2.05) is 0 Å². The van der Waals surface area contributed by atoms with Crippen molar-refractivity contribution < 1.29 is 24.1 Å². The number of anilines is 2. The van der Waals surface area contributed by atoms with Gasteiger partial charge in [-0.3, -0.25) is 4.79 Å². The van der Waals surface area contributed by atoms with Crippen LogP contribution in [0.4, 0.5) is 16.0 Å². The standard InChI is InChI=1S/C23H22ClFN6O4/c1-22(2,33)20-29-17-12(25)5-9(16-18(17)31(20)7-14(32)28-16)15-11(24)6-26-21(30-15)27-13-4-8-3-10-19(35-8)23(10,13)34/h5-6,8,10,13,19,33-34H,3-4,7H2,1-2H3,(H,28,32)(H,26,27,30)/t8?,10?,13-,19?,23-/m1/s1. The van der Waals surface area contributed by atoms with Crippen LogP contribution >= 0.6 is 11.6 Å². The van der Waals surface area contributed by atoms with Crippen LogP contribution in [0.15, 0.2) is 12.3 Å². The molecule has 182 valence electrons. The van der Waals surface area contributed by atoms with E-state index in [2.05, 4.69) is 25.6 Å². The van der Waals surface area contributed by atoms with Crippen molar-refractivity contribution in [1.29, 1.82) is 0 Å². The summed E-state index contributed by atoms with van der Waals surface area (Å²) in [6, 6.07) is 0.952. The van der Waals surface area contributed by atoms with Crippen LogP contribution in [0, 0.1) is 11.7 Å². The molecule has 5 heterocycles. The summed E-state index contributed by atoms with van der Waals surface area (Å²) in [6.07, 6.45) is 2.83. The van der Waals surface area contributed by atoms with Crippen molar-refractivity contribution in [1.82, 2.24) is 19.5 Å². The average Bonchev–Trinajstić information content (AvgIpc) is 3.11. The second kappa shape index (κ2) is 6.67. The van der Waals surface area contributed by atoms with E-state index in [1.54, 1.807) is 0 Å². The number of halogens is 2. The third-order valence-electron chi connectivity index (χ3n) is 7.61. The maximum absolute atomic E-state index is 15.3. The molecule has 2 saturated heterocycles. The zero-order valence-corrected chi connectivity index (χ0v) is 19.6. The smallest absolute Gasteiger partial charge is 0.244 e. The Morgan fingerprint density at radius 2 is 2.17 bits per heavy atom. The van der Waals surface area contributed by atoms with Crippen LogP contribution in [0.3, 0.4) is 0 Å². The molecule has 10 nitrogen and oxygen atoms in total. The predicted molar refractivity (Wildman–Crippen MR) is 123 cm³/mol. The molecule has 35 heavy (non-hydrogen) atoms. The first kappa shape index (κ1) is 21.4. The van der Waals surface area contributed by atoms with Crippen LogP contribution in [-0.4, -0.2) is 59.5 Å². The van der Waals surface area contributed by atoms with Gasteiger partial charge in [0.2, 0.25) is 11.9 Å². The maximum atomic E-state index is 15.3. The number of nitrogens with one attached hydrogen (secondary N) is 2. The molecule has 2 aliphatic carbocycles. The highest BCUT2D eigenvalue weighted by molar-refractivity contribution is 6.33. The van der Waals surface area contributed by atoms with Gasteiger partial charge >= 0.3 is 0 Å². The number of hydrogen-bond donors (Lipinski definition) is 4. The van der Waals surface area contributed by atoms with Gasteiger partial charge in [-0.2, -0.15) is 0 Å². The Hall–Kier alpha value is -2.86. The van der Waals surface area contributed by atoms with E-state index >= 15 is 4.39 Å². The van der Waals surface area contributed by atoms with E-state index < -0.39 is 17.0 Å². The van der Waals surface area contributed by atoms with Gasteiger partial charge in [-0.25, -0.2) is 19.3 Å². The molecular formula is C23H22ClFN6O4. The van der Waals surface area contributed by atoms with Gasteiger partial charge < -0.3 is 30.2 Å². The first-order chi connectivity index (χ1) is 16.6. The molecule has 0 radical (unpaired) electrons. The van der Waals surface area contributed by atoms with Crippen LogP contribution in [-0.2, 0) is 21.7 Å². The highest BCUT2D eigenvalue weighted by Gasteiger charge is 2.76. The van der Waals surface area contributed by atoms with Crippen molar-refractivity contribution in [2.24, 2.45) is 5.92 Å². The Balaban J connectivity index is 1.34. The lowest BCUT2D eigenvalue weighted by Crippen LogP contribution is -2.49. The Morgan fingerprint density at radius 3 is 2.89 bits per heavy atom. The quantitative estimate of drug-likeness (QED) is 0.428. The van der Waals surface area contributed by atoms with Gasteiger partial charge in [0.05, 0.1) is 46.4 Å². The minimum Gasteiger partial charge on any atom is -0.385 e. The highest BCUT2D eigenvalue weighted by atomic mass is 35.5. The molecule has 12 heteroatoms. The number of nitrogens with zero attached hydrogens (tertiary/aromatic N) is 4. The highest BCUT2D eigenvalue weighted by Crippen LogP contribution is 2.62. The van der Waals surface area contributed by atoms with Gasteiger partial charge in [-0.05, 0) is 32.8 Å². The fraction of sp³-hybridized carbons (Fsp3) is 0.478. The van der Waals surface area contributed by atoms with Crippen LogP contribution in [0.1, 0.15) is 32.5 Å². The molecule has 4 bridgehead atoms. The molecule has 0 spiro atoms. The largest absolute Gasteiger partial charge is 0.385 e. The monoisotopic (exact) mass is 500 g/mol. The van der Waals surface area contributed by atoms with E-state index in [1.165, 1.54) is 30.7 Å². The molecule has 3 aliphatic heterocycles. The van der Waals surface area contributed by atoms with E-state index in [0.717, 1.165) is 6.42 Å². The molecule has 4 fully saturated rings. The minimum atomic E-state index is -1.39. The van der Waals surface area contributed by atoms with E-state index in [9.17, 15) is 15.0 Å². The number of rotatable bonds is 4. The summed E-state index contributed by atoms with van der Waals surface area (Å²) in [5.74, 6) is -0.450. The minimum absolute atomic E-state index is 0.0350. The summed E-state index contributed by atoms with van der Waals surface area (Å²) in [5, 5.41) is 27.7. The Bertz CT molecular complexity index is 1440. The van der Waals surface area contributed by atoms with Crippen LogP contribution < -0.4 is 10.6 Å². The SMILES string of the molecule is CC(C)(O)c1nc2c(F)cc(-c3nc(N[C@@H]4CC5CC6C(O5)[C@@]64O)ncc3Cl)c3c2n1CC(=O)N3. The lowest BCUT2D eigenvalue weighted by atomic mass is 9.89. The molecule has 1 amide bonds. The summed E-state index contributed by atoms with van der Waals surface area (Å²) in [5.41, 5.74) is -1.16. The summed E-state index contributed by atoms with van der Waals surface area (Å²) >= 11 is 6.45. The summed E-state index contributed by atoms with van der Waals surface area (Å²) in [4.78, 5) is 25.7. The first-order valence-corrected chi connectivity index (χ1v) is 11.9. The van der Waals surface area contributed by atoms with E-state index in [-0.39, 0.29) is 70.2 Å². The zero-order valence-electron chi connectivity index (χ0n) is 18.8. The molecule has 2 saturated carbocycles.